The van der Waals surface area contributed by atoms with Crippen LogP contribution in [-0.4, -0.2) is 38.2 Å². The van der Waals surface area contributed by atoms with Crippen LogP contribution in [0.25, 0.3) is 22.7 Å². The molecule has 0 spiro atoms. The van der Waals surface area contributed by atoms with Gasteiger partial charge in [-0.25, -0.2) is 0 Å². The third kappa shape index (κ3) is 14.0. The molecule has 472 valence electrons. The number of methoxy groups -OCH3 is 1. The van der Waals surface area contributed by atoms with E-state index in [2.05, 4.69) is 360 Å². The molecule has 9 heteroatoms. The minimum Gasteiger partial charge on any atom is -0.501 e. The van der Waals surface area contributed by atoms with E-state index in [1.165, 1.54) is 89.1 Å². The Kier molecular flexibility index (Phi) is 21.7. The zero-order valence-corrected chi connectivity index (χ0v) is 58.6. The first kappa shape index (κ1) is 67.2. The Morgan fingerprint density at radius 3 is 0.681 bits per heavy atom. The van der Waals surface area contributed by atoms with Gasteiger partial charge < -0.3 is 4.74 Å². The molecule has 2 aromatic heterocycles. The molecule has 0 bridgehead atoms. The van der Waals surface area contributed by atoms with Gasteiger partial charge in [-0.05, 0) is 91.9 Å². The van der Waals surface area contributed by atoms with Gasteiger partial charge in [-0.2, -0.15) is 21.9 Å². The number of nitrogens with zero attached hydrogens (tertiary/aromatic N) is 6. The molecule has 0 unspecified atom stereocenters. The molecule has 7 nitrogen and oxygen atoms in total. The van der Waals surface area contributed by atoms with Crippen molar-refractivity contribution in [3.05, 3.63) is 287 Å². The Labute approximate surface area is 546 Å². The minimum absolute atomic E-state index is 0.283. The fraction of sp³-hybridized carbons (Fsp3) is 0.317. The standard InChI is InChI=1S/C58H80N6OP.C24H20B/c1-37(2)45-23-19-24-46(38(3)4)53(45)61-31-32-62(54-47(39(5)6)25-20-26-48(54)40(7)8)57(61)59-66(18,36-35-65-17)60-58-63(55-49(41(9)10)27-21-28-50(55)42(11)12)33-34-64(58)56-51(43(13)14)29-22-30-52(56)44(15)16;1-5-13-21(14-6-1)25(22-15-7-2-8-16-22,23-17-9-3-10-18-23)24-19-11-4-12-20-24/h19-44H,1-18H3;1-20H/q+1;-1/b36-35+;. The number of ether oxygens (including phenoxy) is 1. The lowest BCUT2D eigenvalue weighted by Crippen LogP contribution is -2.74. The molecule has 0 saturated heterocycles. The van der Waals surface area contributed by atoms with E-state index in [9.17, 15) is 0 Å². The number of rotatable bonds is 20. The van der Waals surface area contributed by atoms with Gasteiger partial charge >= 0.3 is 0 Å². The topological polar surface area (TPSA) is 53.7 Å². The van der Waals surface area contributed by atoms with Gasteiger partial charge in [0.1, 0.15) is 18.2 Å². The van der Waals surface area contributed by atoms with Crippen molar-refractivity contribution in [2.75, 3.05) is 13.8 Å². The molecule has 0 saturated carbocycles. The molecular formula is C82H100BN6OP. The van der Waals surface area contributed by atoms with E-state index >= 15 is 0 Å². The summed E-state index contributed by atoms with van der Waals surface area (Å²) in [6.07, 6.45) is 9.53. The monoisotopic (exact) mass is 1230 g/mol. The molecule has 0 amide bonds. The fourth-order valence-corrected chi connectivity index (χ4v) is 15.2. The van der Waals surface area contributed by atoms with Crippen molar-refractivity contribution in [1.82, 2.24) is 18.3 Å². The lowest BCUT2D eigenvalue weighted by Gasteiger charge is -2.44. The van der Waals surface area contributed by atoms with Crippen molar-refractivity contribution in [2.45, 2.75) is 158 Å². The third-order valence-electron chi connectivity index (χ3n) is 18.2. The molecule has 0 fully saturated rings. The highest BCUT2D eigenvalue weighted by atomic mass is 31.2. The highest BCUT2D eigenvalue weighted by Gasteiger charge is 2.35. The Bertz CT molecular complexity index is 3580. The van der Waals surface area contributed by atoms with Gasteiger partial charge in [-0.15, -0.1) is 0 Å². The van der Waals surface area contributed by atoms with Gasteiger partial charge in [0.15, 0.2) is 0 Å². The fourth-order valence-electron chi connectivity index (χ4n) is 13.6. The summed E-state index contributed by atoms with van der Waals surface area (Å²) in [5, 5.41) is 0. The maximum Gasteiger partial charge on any atom is 0.284 e. The molecular weight excluding hydrogens is 1130 g/mol. The summed E-state index contributed by atoms with van der Waals surface area (Å²) >= 11 is 0. The molecule has 8 aromatic carbocycles. The normalized spacial score (nSPS) is 12.2. The van der Waals surface area contributed by atoms with E-state index in [1.807, 2.05) is 0 Å². The van der Waals surface area contributed by atoms with Gasteiger partial charge in [0.25, 0.3) is 18.8 Å². The molecule has 0 aliphatic heterocycles. The summed E-state index contributed by atoms with van der Waals surface area (Å²) in [4.78, 5) is 0. The van der Waals surface area contributed by atoms with Crippen LogP contribution in [0.2, 0.25) is 0 Å². The largest absolute Gasteiger partial charge is 0.501 e. The van der Waals surface area contributed by atoms with Crippen molar-refractivity contribution in [1.29, 1.82) is 0 Å². The Morgan fingerprint density at radius 2 is 0.505 bits per heavy atom. The second kappa shape index (κ2) is 29.4. The molecule has 0 aliphatic carbocycles. The van der Waals surface area contributed by atoms with E-state index in [-0.39, 0.29) is 47.3 Å². The number of benzene rings is 8. The zero-order chi connectivity index (χ0) is 65.3. The van der Waals surface area contributed by atoms with Crippen LogP contribution in [0, 0.1) is 0 Å². The van der Waals surface area contributed by atoms with Crippen molar-refractivity contribution in [3.63, 3.8) is 0 Å². The van der Waals surface area contributed by atoms with Gasteiger partial charge in [-0.3, -0.25) is 18.3 Å². The van der Waals surface area contributed by atoms with Crippen LogP contribution in [0.5, 0.6) is 0 Å². The van der Waals surface area contributed by atoms with Gasteiger partial charge in [0, 0.05) is 24.8 Å². The van der Waals surface area contributed by atoms with E-state index < -0.39 is 13.7 Å². The lowest BCUT2D eigenvalue weighted by atomic mass is 9.13. The Hall–Kier alpha value is -8.19. The smallest absolute Gasteiger partial charge is 0.284 e. The Balaban J connectivity index is 0.000000323. The predicted octanol–water partition coefficient (Wildman–Crippen LogP) is 19.0. The Morgan fingerprint density at radius 1 is 0.308 bits per heavy atom. The zero-order valence-electron chi connectivity index (χ0n) is 57.7. The van der Waals surface area contributed by atoms with Crippen molar-refractivity contribution in [2.24, 2.45) is 9.53 Å². The van der Waals surface area contributed by atoms with E-state index in [1.54, 1.807) is 13.4 Å². The van der Waals surface area contributed by atoms with Crippen molar-refractivity contribution in [3.8, 4) is 22.7 Å². The maximum absolute atomic E-state index is 6.09. The quantitative estimate of drug-likeness (QED) is 0.0426. The van der Waals surface area contributed by atoms with E-state index in [0.29, 0.717) is 0 Å². The minimum atomic E-state index is -2.90. The second-order valence-electron chi connectivity index (χ2n) is 27.3. The highest BCUT2D eigenvalue weighted by Crippen LogP contribution is 2.59. The number of hydrogen-bond acceptors (Lipinski definition) is 3. The predicted molar refractivity (Wildman–Crippen MR) is 393 cm³/mol. The molecule has 2 heterocycles. The van der Waals surface area contributed by atoms with Crippen molar-refractivity contribution < 1.29 is 4.74 Å². The summed E-state index contributed by atoms with van der Waals surface area (Å²) in [7, 11) is -1.18. The van der Waals surface area contributed by atoms with Crippen LogP contribution in [-0.2, 0) is 4.74 Å². The maximum atomic E-state index is 6.09. The van der Waals surface area contributed by atoms with Crippen molar-refractivity contribution >= 4 is 35.6 Å². The summed E-state index contributed by atoms with van der Waals surface area (Å²) in [5.41, 5.74) is 22.1. The summed E-state index contributed by atoms with van der Waals surface area (Å²) in [6.45, 7) is 39.0. The summed E-state index contributed by atoms with van der Waals surface area (Å²) in [6, 6.07) is 70.7. The number of para-hydroxylation sites is 4. The molecule has 10 aromatic rings. The molecule has 0 N–H and O–H groups in total. The molecule has 91 heavy (non-hydrogen) atoms. The SMILES string of the molecule is CO/C=C/[P+](C)(N=c1n(-c2c(C(C)C)cccc2C(C)C)ccn1-c1c(C(C)C)cccc1C(C)C)N=c1n(-c2c(C(C)C)cccc2C(C)C)ccn1-c1c(C(C)C)cccc1C(C)C.c1ccc([B-](c2ccccc2)(c2ccccc2)c2ccccc2)cc1. The average Bonchev–Trinajstić information content (AvgIpc) is 1.68. The number of hydrogen-bond donors (Lipinski definition) is 0. The first-order valence-corrected chi connectivity index (χ1v) is 35.5. The van der Waals surface area contributed by atoms with Crippen LogP contribution in [0.4, 0.5) is 0 Å². The highest BCUT2D eigenvalue weighted by molar-refractivity contribution is 7.75. The van der Waals surface area contributed by atoms with Crippen LogP contribution in [0.1, 0.15) is 203 Å². The van der Waals surface area contributed by atoms with Crippen LogP contribution in [0.15, 0.2) is 241 Å². The van der Waals surface area contributed by atoms with Crippen LogP contribution >= 0.6 is 7.56 Å². The lowest BCUT2D eigenvalue weighted by molar-refractivity contribution is 0.339. The summed E-state index contributed by atoms with van der Waals surface area (Å²) in [5.74, 6) is 4.39. The third-order valence-corrected chi connectivity index (χ3v) is 20.0. The van der Waals surface area contributed by atoms with Gasteiger partial charge in [-0.1, -0.05) is 314 Å². The summed E-state index contributed by atoms with van der Waals surface area (Å²) < 4.78 is 27.5. The second-order valence-corrected chi connectivity index (χ2v) is 29.9. The first-order chi connectivity index (χ1) is 43.6. The molecule has 10 rings (SSSR count). The van der Waals surface area contributed by atoms with E-state index in [0.717, 1.165) is 11.2 Å². The van der Waals surface area contributed by atoms with Gasteiger partial charge in [0.05, 0.1) is 36.5 Å². The number of aromatic nitrogens is 4. The first-order valence-electron chi connectivity index (χ1n) is 33.3. The average molecular weight is 1230 g/mol. The van der Waals surface area contributed by atoms with E-state index in [4.69, 9.17) is 14.3 Å². The molecule has 0 atom stereocenters. The number of imidazole rings is 2. The molecule has 0 aliphatic rings. The molecule has 0 radical (unpaired) electrons. The van der Waals surface area contributed by atoms with Gasteiger partial charge in [0.2, 0.25) is 0 Å². The van der Waals surface area contributed by atoms with Crippen LogP contribution in [0.3, 0.4) is 0 Å². The van der Waals surface area contributed by atoms with Crippen LogP contribution < -0.4 is 33.1 Å².